The van der Waals surface area contributed by atoms with Crippen LogP contribution < -0.4 is 5.32 Å². The molecule has 0 aliphatic heterocycles. The first-order chi connectivity index (χ1) is 13.2. The van der Waals surface area contributed by atoms with Crippen molar-refractivity contribution in [3.63, 3.8) is 0 Å². The van der Waals surface area contributed by atoms with Gasteiger partial charge in [0.25, 0.3) is 5.91 Å². The number of H-pyrrole nitrogens is 1. The zero-order valence-corrected chi connectivity index (χ0v) is 16.0. The highest BCUT2D eigenvalue weighted by molar-refractivity contribution is 7.13. The van der Waals surface area contributed by atoms with E-state index in [4.69, 9.17) is 0 Å². The standard InChI is InChI=1S/C22H23N3OS/c26-20(25-22-9-13-5-14(10-22)7-15(6-13)11-22)19-12-27-21(24-19)18-8-16-3-1-2-4-17(16)23-18/h1-4,8,12-15,23H,5-7,9-11H2,(H,25,26). The van der Waals surface area contributed by atoms with Crippen LogP contribution in [0.4, 0.5) is 0 Å². The van der Waals surface area contributed by atoms with E-state index in [1.807, 2.05) is 17.5 Å². The number of thiazole rings is 1. The largest absolute Gasteiger partial charge is 0.353 e. The van der Waals surface area contributed by atoms with Crippen LogP contribution in [0.1, 0.15) is 49.0 Å². The lowest BCUT2D eigenvalue weighted by atomic mass is 9.53. The number of aromatic amines is 1. The van der Waals surface area contributed by atoms with Gasteiger partial charge in [0.15, 0.2) is 0 Å². The third-order valence-corrected chi connectivity index (χ3v) is 7.79. The first-order valence-corrected chi connectivity index (χ1v) is 10.9. The molecule has 0 unspecified atom stereocenters. The van der Waals surface area contributed by atoms with E-state index in [1.54, 1.807) is 0 Å². The van der Waals surface area contributed by atoms with Crippen molar-refractivity contribution in [2.24, 2.45) is 17.8 Å². The number of rotatable bonds is 3. The Balaban J connectivity index is 1.24. The van der Waals surface area contributed by atoms with E-state index in [1.165, 1.54) is 55.2 Å². The topological polar surface area (TPSA) is 57.8 Å². The normalized spacial score (nSPS) is 31.5. The maximum Gasteiger partial charge on any atom is 0.271 e. The van der Waals surface area contributed by atoms with Gasteiger partial charge in [0.05, 0.1) is 5.69 Å². The summed E-state index contributed by atoms with van der Waals surface area (Å²) in [6, 6.07) is 10.3. The highest BCUT2D eigenvalue weighted by atomic mass is 32.1. The van der Waals surface area contributed by atoms with Gasteiger partial charge in [0.2, 0.25) is 0 Å². The molecule has 7 rings (SSSR count). The number of nitrogens with zero attached hydrogens (tertiary/aromatic N) is 1. The monoisotopic (exact) mass is 377 g/mol. The summed E-state index contributed by atoms with van der Waals surface area (Å²) in [7, 11) is 0. The van der Waals surface area contributed by atoms with Crippen molar-refractivity contribution in [1.82, 2.24) is 15.3 Å². The van der Waals surface area contributed by atoms with Crippen molar-refractivity contribution >= 4 is 28.1 Å². The van der Waals surface area contributed by atoms with E-state index in [9.17, 15) is 4.79 Å². The van der Waals surface area contributed by atoms with Crippen LogP contribution >= 0.6 is 11.3 Å². The molecule has 1 amide bonds. The molecule has 4 nitrogen and oxygen atoms in total. The Morgan fingerprint density at radius 1 is 1.11 bits per heavy atom. The van der Waals surface area contributed by atoms with Crippen LogP contribution in [0.15, 0.2) is 35.7 Å². The maximum atomic E-state index is 13.0. The van der Waals surface area contributed by atoms with Crippen LogP contribution in [-0.4, -0.2) is 21.4 Å². The molecule has 0 spiro atoms. The summed E-state index contributed by atoms with van der Waals surface area (Å²) in [5, 5.41) is 7.37. The molecule has 4 saturated carbocycles. The average molecular weight is 378 g/mol. The average Bonchev–Trinajstić information content (AvgIpc) is 3.27. The molecule has 4 aliphatic carbocycles. The third kappa shape index (κ3) is 2.63. The van der Waals surface area contributed by atoms with Gasteiger partial charge in [0.1, 0.15) is 10.7 Å². The summed E-state index contributed by atoms with van der Waals surface area (Å²) in [5.74, 6) is 2.49. The predicted octanol–water partition coefficient (Wildman–Crippen LogP) is 4.99. The molecule has 0 atom stereocenters. The number of para-hydroxylation sites is 1. The van der Waals surface area contributed by atoms with Gasteiger partial charge < -0.3 is 10.3 Å². The fraction of sp³-hybridized carbons (Fsp3) is 0.455. The first kappa shape index (κ1) is 15.9. The summed E-state index contributed by atoms with van der Waals surface area (Å²) in [6.07, 6.45) is 7.67. The minimum atomic E-state index is 0.00978. The van der Waals surface area contributed by atoms with Crippen LogP contribution in [0.25, 0.3) is 21.6 Å². The minimum Gasteiger partial charge on any atom is -0.353 e. The first-order valence-electron chi connectivity index (χ1n) is 10.0. The highest BCUT2D eigenvalue weighted by Crippen LogP contribution is 2.55. The van der Waals surface area contributed by atoms with E-state index in [0.29, 0.717) is 5.69 Å². The number of carbonyl (C=O) groups excluding carboxylic acids is 1. The van der Waals surface area contributed by atoms with Gasteiger partial charge in [-0.2, -0.15) is 0 Å². The van der Waals surface area contributed by atoms with Gasteiger partial charge in [-0.15, -0.1) is 11.3 Å². The lowest BCUT2D eigenvalue weighted by Gasteiger charge is -2.56. The number of hydrogen-bond donors (Lipinski definition) is 2. The molecule has 5 heteroatoms. The van der Waals surface area contributed by atoms with Crippen molar-refractivity contribution in [3.05, 3.63) is 41.4 Å². The molecule has 4 fully saturated rings. The van der Waals surface area contributed by atoms with Crippen molar-refractivity contribution < 1.29 is 4.79 Å². The van der Waals surface area contributed by atoms with E-state index < -0.39 is 0 Å². The van der Waals surface area contributed by atoms with Crippen LogP contribution in [0.5, 0.6) is 0 Å². The molecule has 2 N–H and O–H groups in total. The Hall–Kier alpha value is -2.14. The number of benzene rings is 1. The van der Waals surface area contributed by atoms with Gasteiger partial charge in [-0.05, 0) is 68.4 Å². The minimum absolute atomic E-state index is 0.00978. The van der Waals surface area contributed by atoms with Crippen LogP contribution in [0.2, 0.25) is 0 Å². The van der Waals surface area contributed by atoms with Gasteiger partial charge in [-0.25, -0.2) is 4.98 Å². The smallest absolute Gasteiger partial charge is 0.271 e. The Labute approximate surface area is 162 Å². The summed E-state index contributed by atoms with van der Waals surface area (Å²) in [4.78, 5) is 21.0. The number of nitrogens with one attached hydrogen (secondary N) is 2. The zero-order chi connectivity index (χ0) is 18.0. The van der Waals surface area contributed by atoms with Crippen molar-refractivity contribution in [2.75, 3.05) is 0 Å². The second-order valence-electron chi connectivity index (χ2n) is 8.96. The molecule has 0 saturated heterocycles. The molecule has 2 aromatic heterocycles. The van der Waals surface area contributed by atoms with Gasteiger partial charge >= 0.3 is 0 Å². The number of amides is 1. The third-order valence-electron chi connectivity index (χ3n) is 6.91. The Kier molecular flexibility index (Phi) is 3.34. The van der Waals surface area contributed by atoms with Gasteiger partial charge in [-0.1, -0.05) is 18.2 Å². The molecule has 1 aromatic carbocycles. The van der Waals surface area contributed by atoms with Crippen LogP contribution in [0, 0.1) is 17.8 Å². The molecule has 4 aliphatic rings. The summed E-state index contributed by atoms with van der Waals surface area (Å²) in [6.45, 7) is 0. The van der Waals surface area contributed by atoms with E-state index in [-0.39, 0.29) is 11.4 Å². The zero-order valence-electron chi connectivity index (χ0n) is 15.2. The highest BCUT2D eigenvalue weighted by Gasteiger charge is 2.51. The second kappa shape index (κ2) is 5.68. The quantitative estimate of drug-likeness (QED) is 0.675. The Morgan fingerprint density at radius 3 is 2.52 bits per heavy atom. The molecule has 0 radical (unpaired) electrons. The second-order valence-corrected chi connectivity index (χ2v) is 9.82. The number of fused-ring (bicyclic) bond motifs is 1. The summed E-state index contributed by atoms with van der Waals surface area (Å²) >= 11 is 1.54. The molecule has 2 heterocycles. The molecule has 3 aromatic rings. The predicted molar refractivity (Wildman–Crippen MR) is 108 cm³/mol. The van der Waals surface area contributed by atoms with Crippen molar-refractivity contribution in [2.45, 2.75) is 44.1 Å². The Bertz CT molecular complexity index is 965. The Morgan fingerprint density at radius 2 is 1.81 bits per heavy atom. The molecular weight excluding hydrogens is 354 g/mol. The molecule has 138 valence electrons. The van der Waals surface area contributed by atoms with Crippen LogP contribution in [-0.2, 0) is 0 Å². The fourth-order valence-corrected chi connectivity index (χ4v) is 7.03. The lowest BCUT2D eigenvalue weighted by Crippen LogP contribution is -2.59. The molecular formula is C22H23N3OS. The number of hydrogen-bond acceptors (Lipinski definition) is 3. The summed E-state index contributed by atoms with van der Waals surface area (Å²) in [5.41, 5.74) is 2.68. The van der Waals surface area contributed by atoms with Crippen molar-refractivity contribution in [1.29, 1.82) is 0 Å². The maximum absolute atomic E-state index is 13.0. The van der Waals surface area contributed by atoms with E-state index >= 15 is 0 Å². The van der Waals surface area contributed by atoms with Gasteiger partial charge in [-0.3, -0.25) is 4.79 Å². The number of aromatic nitrogens is 2. The summed E-state index contributed by atoms with van der Waals surface area (Å²) < 4.78 is 0. The lowest BCUT2D eigenvalue weighted by molar-refractivity contribution is -0.0167. The fourth-order valence-electron chi connectivity index (χ4n) is 6.26. The molecule has 4 bridgehead atoms. The van der Waals surface area contributed by atoms with E-state index in [2.05, 4.69) is 33.5 Å². The SMILES string of the molecule is O=C(NC12CC3CC(CC(C3)C1)C2)c1csc(-c2cc3ccccc3[nH]2)n1. The van der Waals surface area contributed by atoms with Crippen molar-refractivity contribution in [3.8, 4) is 10.7 Å². The van der Waals surface area contributed by atoms with Gasteiger partial charge in [0, 0.05) is 21.8 Å². The molecule has 27 heavy (non-hydrogen) atoms. The van der Waals surface area contributed by atoms with Crippen LogP contribution in [0.3, 0.4) is 0 Å². The number of carbonyl (C=O) groups is 1. The van der Waals surface area contributed by atoms with E-state index in [0.717, 1.165) is 34.0 Å².